The molecule has 156 valence electrons. The molecule has 0 aliphatic carbocycles. The number of benzene rings is 1. The molecule has 0 bridgehead atoms. The molecule has 0 aromatic heterocycles. The number of halogens is 2. The van der Waals surface area contributed by atoms with Crippen LogP contribution >= 0.6 is 24.0 Å². The fourth-order valence-corrected chi connectivity index (χ4v) is 3.75. The number of nitrogens with zero attached hydrogens (tertiary/aromatic N) is 2. The highest BCUT2D eigenvalue weighted by Gasteiger charge is 2.25. The molecule has 2 heterocycles. The van der Waals surface area contributed by atoms with Crippen molar-refractivity contribution in [1.29, 1.82) is 0 Å². The van der Waals surface area contributed by atoms with Gasteiger partial charge in [-0.2, -0.15) is 0 Å². The lowest BCUT2D eigenvalue weighted by molar-refractivity contribution is -0.140. The van der Waals surface area contributed by atoms with Crippen LogP contribution in [-0.2, 0) is 9.59 Å². The number of hydrogen-bond acceptors (Lipinski definition) is 4. The first-order chi connectivity index (χ1) is 13.1. The van der Waals surface area contributed by atoms with Gasteiger partial charge in [0, 0.05) is 37.6 Å². The predicted molar refractivity (Wildman–Crippen MR) is 112 cm³/mol. The van der Waals surface area contributed by atoms with Crippen LogP contribution in [0.5, 0.6) is 5.75 Å². The van der Waals surface area contributed by atoms with Crippen LogP contribution in [0, 0.1) is 5.92 Å². The molecule has 2 amide bonds. The lowest BCUT2D eigenvalue weighted by Gasteiger charge is -2.35. The standard InChI is InChI=1S/C20H28ClN3O3.ClH/c21-17-2-4-18(5-3-17)27-15-20(26)24-13-11-23(12-14-24)19(25)6-1-16-7-9-22-10-8-16;/h2-5,16,22H,1,6-15H2;1H. The summed E-state index contributed by atoms with van der Waals surface area (Å²) in [5.41, 5.74) is 0. The van der Waals surface area contributed by atoms with Crippen LogP contribution in [0.25, 0.3) is 0 Å². The maximum Gasteiger partial charge on any atom is 0.260 e. The number of carbonyl (C=O) groups is 2. The summed E-state index contributed by atoms with van der Waals surface area (Å²) in [6.45, 7) is 4.50. The summed E-state index contributed by atoms with van der Waals surface area (Å²) < 4.78 is 5.52. The number of rotatable bonds is 6. The van der Waals surface area contributed by atoms with E-state index in [4.69, 9.17) is 16.3 Å². The molecule has 2 saturated heterocycles. The second-order valence-corrected chi connectivity index (χ2v) is 7.67. The SMILES string of the molecule is Cl.O=C(CCC1CCNCC1)N1CCN(C(=O)COc2ccc(Cl)cc2)CC1. The van der Waals surface area contributed by atoms with Crippen LogP contribution in [0.15, 0.2) is 24.3 Å². The van der Waals surface area contributed by atoms with Crippen LogP contribution in [0.2, 0.25) is 5.02 Å². The van der Waals surface area contributed by atoms with E-state index in [2.05, 4.69) is 5.32 Å². The van der Waals surface area contributed by atoms with E-state index in [0.29, 0.717) is 49.3 Å². The van der Waals surface area contributed by atoms with Gasteiger partial charge in [-0.1, -0.05) is 11.6 Å². The predicted octanol–water partition coefficient (Wildman–Crippen LogP) is 2.59. The van der Waals surface area contributed by atoms with E-state index in [1.807, 2.05) is 4.90 Å². The third-order valence-electron chi connectivity index (χ3n) is 5.39. The molecule has 1 N–H and O–H groups in total. The fraction of sp³-hybridized carbons (Fsp3) is 0.600. The van der Waals surface area contributed by atoms with E-state index in [0.717, 1.165) is 19.5 Å². The number of amides is 2. The Morgan fingerprint density at radius 3 is 2.18 bits per heavy atom. The van der Waals surface area contributed by atoms with Crippen molar-refractivity contribution in [3.05, 3.63) is 29.3 Å². The van der Waals surface area contributed by atoms with Crippen molar-refractivity contribution in [2.45, 2.75) is 25.7 Å². The van der Waals surface area contributed by atoms with E-state index < -0.39 is 0 Å². The molecule has 2 aliphatic rings. The zero-order valence-corrected chi connectivity index (χ0v) is 17.6. The van der Waals surface area contributed by atoms with Crippen molar-refractivity contribution in [3.8, 4) is 5.75 Å². The van der Waals surface area contributed by atoms with Crippen LogP contribution in [-0.4, -0.2) is 67.5 Å². The van der Waals surface area contributed by atoms with Crippen molar-refractivity contribution >= 4 is 35.8 Å². The molecule has 28 heavy (non-hydrogen) atoms. The Morgan fingerprint density at radius 2 is 1.57 bits per heavy atom. The molecular weight excluding hydrogens is 401 g/mol. The van der Waals surface area contributed by atoms with Crippen LogP contribution in [0.3, 0.4) is 0 Å². The highest BCUT2D eigenvalue weighted by molar-refractivity contribution is 6.30. The maximum atomic E-state index is 12.4. The number of hydrogen-bond donors (Lipinski definition) is 1. The zero-order valence-electron chi connectivity index (χ0n) is 16.1. The summed E-state index contributed by atoms with van der Waals surface area (Å²) in [5.74, 6) is 1.47. The van der Waals surface area contributed by atoms with Gasteiger partial charge in [-0.05, 0) is 62.5 Å². The minimum absolute atomic E-state index is 0. The number of piperazine rings is 1. The summed E-state index contributed by atoms with van der Waals surface area (Å²) in [6, 6.07) is 6.95. The molecule has 0 saturated carbocycles. The fourth-order valence-electron chi connectivity index (χ4n) is 3.63. The molecule has 6 nitrogen and oxygen atoms in total. The highest BCUT2D eigenvalue weighted by Crippen LogP contribution is 2.19. The van der Waals surface area contributed by atoms with Gasteiger partial charge in [0.15, 0.2) is 6.61 Å². The summed E-state index contributed by atoms with van der Waals surface area (Å²) in [7, 11) is 0. The summed E-state index contributed by atoms with van der Waals surface area (Å²) in [4.78, 5) is 28.4. The zero-order chi connectivity index (χ0) is 19.1. The Hall–Kier alpha value is -1.50. The second-order valence-electron chi connectivity index (χ2n) is 7.24. The first-order valence-corrected chi connectivity index (χ1v) is 10.1. The monoisotopic (exact) mass is 429 g/mol. The Labute approximate surface area is 177 Å². The van der Waals surface area contributed by atoms with Gasteiger partial charge in [-0.25, -0.2) is 0 Å². The largest absolute Gasteiger partial charge is 0.484 e. The molecule has 3 rings (SSSR count). The van der Waals surface area contributed by atoms with Gasteiger partial charge in [0.05, 0.1) is 0 Å². The van der Waals surface area contributed by atoms with Crippen LogP contribution < -0.4 is 10.1 Å². The van der Waals surface area contributed by atoms with Gasteiger partial charge in [-0.15, -0.1) is 12.4 Å². The van der Waals surface area contributed by atoms with Gasteiger partial charge in [-0.3, -0.25) is 9.59 Å². The molecule has 1 aromatic carbocycles. The number of nitrogens with one attached hydrogen (secondary N) is 1. The quantitative estimate of drug-likeness (QED) is 0.754. The number of piperidine rings is 1. The van der Waals surface area contributed by atoms with E-state index in [9.17, 15) is 9.59 Å². The van der Waals surface area contributed by atoms with Crippen molar-refractivity contribution < 1.29 is 14.3 Å². The van der Waals surface area contributed by atoms with E-state index in [1.54, 1.807) is 29.2 Å². The topological polar surface area (TPSA) is 61.9 Å². The maximum absolute atomic E-state index is 12.4. The molecular formula is C20H29Cl2N3O3. The lowest BCUT2D eigenvalue weighted by Crippen LogP contribution is -2.51. The second kappa shape index (κ2) is 11.5. The molecule has 0 radical (unpaired) electrons. The van der Waals surface area contributed by atoms with Gasteiger partial charge >= 0.3 is 0 Å². The van der Waals surface area contributed by atoms with Crippen molar-refractivity contribution in [1.82, 2.24) is 15.1 Å². The van der Waals surface area contributed by atoms with Gasteiger partial charge in [0.2, 0.25) is 5.91 Å². The third kappa shape index (κ3) is 6.83. The molecule has 8 heteroatoms. The summed E-state index contributed by atoms with van der Waals surface area (Å²) in [6.07, 6.45) is 3.94. The molecule has 0 spiro atoms. The van der Waals surface area contributed by atoms with Gasteiger partial charge < -0.3 is 19.9 Å². The van der Waals surface area contributed by atoms with E-state index in [1.165, 1.54) is 12.8 Å². The van der Waals surface area contributed by atoms with Crippen LogP contribution in [0.4, 0.5) is 0 Å². The smallest absolute Gasteiger partial charge is 0.260 e. The molecule has 2 aliphatic heterocycles. The molecule has 0 unspecified atom stereocenters. The summed E-state index contributed by atoms with van der Waals surface area (Å²) >= 11 is 5.84. The highest BCUT2D eigenvalue weighted by atomic mass is 35.5. The normalized spacial score (nSPS) is 17.8. The first kappa shape index (κ1) is 22.8. The average Bonchev–Trinajstić information content (AvgIpc) is 2.72. The van der Waals surface area contributed by atoms with Crippen molar-refractivity contribution in [3.63, 3.8) is 0 Å². The van der Waals surface area contributed by atoms with E-state index >= 15 is 0 Å². The molecule has 0 atom stereocenters. The molecule has 1 aromatic rings. The van der Waals surface area contributed by atoms with Crippen molar-refractivity contribution in [2.24, 2.45) is 5.92 Å². The Kier molecular flexibility index (Phi) is 9.35. The number of ether oxygens (including phenoxy) is 1. The van der Waals surface area contributed by atoms with Crippen molar-refractivity contribution in [2.75, 3.05) is 45.9 Å². The van der Waals surface area contributed by atoms with E-state index in [-0.39, 0.29) is 30.8 Å². The minimum atomic E-state index is -0.0493. The van der Waals surface area contributed by atoms with Gasteiger partial charge in [0.25, 0.3) is 5.91 Å². The lowest BCUT2D eigenvalue weighted by atomic mass is 9.93. The Morgan fingerprint density at radius 1 is 1.00 bits per heavy atom. The Balaban J connectivity index is 0.00000280. The number of carbonyl (C=O) groups excluding carboxylic acids is 2. The molecule has 2 fully saturated rings. The minimum Gasteiger partial charge on any atom is -0.484 e. The van der Waals surface area contributed by atoms with Crippen LogP contribution in [0.1, 0.15) is 25.7 Å². The summed E-state index contributed by atoms with van der Waals surface area (Å²) in [5, 5.41) is 3.99. The Bertz CT molecular complexity index is 628. The third-order valence-corrected chi connectivity index (χ3v) is 5.64. The average molecular weight is 430 g/mol. The first-order valence-electron chi connectivity index (χ1n) is 9.76. The van der Waals surface area contributed by atoms with Gasteiger partial charge in [0.1, 0.15) is 5.75 Å².